The molecule has 0 aliphatic heterocycles. The smallest absolute Gasteiger partial charge is 0.180 e. The molecule has 2 N–H and O–H groups in total. The molecule has 0 fully saturated rings. The van der Waals surface area contributed by atoms with E-state index in [0.717, 1.165) is 6.26 Å². The van der Waals surface area contributed by atoms with Crippen molar-refractivity contribution < 1.29 is 13.2 Å². The van der Waals surface area contributed by atoms with Crippen molar-refractivity contribution in [1.29, 1.82) is 0 Å². The van der Waals surface area contributed by atoms with Crippen molar-refractivity contribution in [3.8, 4) is 0 Å². The zero-order valence-corrected chi connectivity index (χ0v) is 10.1. The highest BCUT2D eigenvalue weighted by Crippen LogP contribution is 2.14. The number of nitrogens with two attached hydrogens (primary N) is 1. The molecule has 0 saturated carbocycles. The Balaban J connectivity index is 3.06. The van der Waals surface area contributed by atoms with Gasteiger partial charge in [0.1, 0.15) is 5.25 Å². The standard InChI is InChI=1S/C11H15NO3S/c1-3-10(16(2,14)15)11(13)8-4-6-9(12)7-5-8/h4-7,10H,3,12H2,1-2H3. The van der Waals surface area contributed by atoms with Crippen molar-refractivity contribution >= 4 is 21.3 Å². The van der Waals surface area contributed by atoms with Crippen LogP contribution in [-0.4, -0.2) is 25.7 Å². The first-order valence-electron chi connectivity index (χ1n) is 4.95. The van der Waals surface area contributed by atoms with Crippen molar-refractivity contribution in [2.24, 2.45) is 0 Å². The van der Waals surface area contributed by atoms with Gasteiger partial charge in [-0.05, 0) is 30.7 Å². The third-order valence-electron chi connectivity index (χ3n) is 2.38. The molecule has 0 spiro atoms. The van der Waals surface area contributed by atoms with E-state index >= 15 is 0 Å². The van der Waals surface area contributed by atoms with Crippen LogP contribution < -0.4 is 5.73 Å². The minimum Gasteiger partial charge on any atom is -0.399 e. The van der Waals surface area contributed by atoms with Crippen molar-refractivity contribution in [1.82, 2.24) is 0 Å². The van der Waals surface area contributed by atoms with Gasteiger partial charge in [-0.2, -0.15) is 0 Å². The molecule has 88 valence electrons. The van der Waals surface area contributed by atoms with Crippen LogP contribution >= 0.6 is 0 Å². The lowest BCUT2D eigenvalue weighted by Gasteiger charge is -2.11. The third kappa shape index (κ3) is 2.82. The molecule has 0 aromatic heterocycles. The highest BCUT2D eigenvalue weighted by atomic mass is 32.2. The molecule has 16 heavy (non-hydrogen) atoms. The topological polar surface area (TPSA) is 77.2 Å². The molecule has 1 aromatic carbocycles. The number of carbonyl (C=O) groups is 1. The van der Waals surface area contributed by atoms with E-state index in [4.69, 9.17) is 5.73 Å². The second-order valence-electron chi connectivity index (χ2n) is 3.71. The van der Waals surface area contributed by atoms with Gasteiger partial charge in [-0.1, -0.05) is 6.92 Å². The van der Waals surface area contributed by atoms with Gasteiger partial charge in [-0.15, -0.1) is 0 Å². The average molecular weight is 241 g/mol. The maximum absolute atomic E-state index is 11.9. The molecule has 0 aliphatic rings. The van der Waals surface area contributed by atoms with E-state index in [-0.39, 0.29) is 12.2 Å². The Morgan fingerprint density at radius 3 is 2.19 bits per heavy atom. The van der Waals surface area contributed by atoms with Crippen molar-refractivity contribution in [2.45, 2.75) is 18.6 Å². The fourth-order valence-corrected chi connectivity index (χ4v) is 2.65. The van der Waals surface area contributed by atoms with Crippen LogP contribution in [0.15, 0.2) is 24.3 Å². The van der Waals surface area contributed by atoms with Crippen molar-refractivity contribution in [3.05, 3.63) is 29.8 Å². The van der Waals surface area contributed by atoms with Crippen molar-refractivity contribution in [3.63, 3.8) is 0 Å². The molecule has 1 rings (SSSR count). The van der Waals surface area contributed by atoms with E-state index < -0.39 is 15.1 Å². The number of nitrogen functional groups attached to an aromatic ring is 1. The van der Waals surface area contributed by atoms with Crippen molar-refractivity contribution in [2.75, 3.05) is 12.0 Å². The number of rotatable bonds is 4. The first kappa shape index (κ1) is 12.7. The van der Waals surface area contributed by atoms with Gasteiger partial charge in [-0.3, -0.25) is 4.79 Å². The number of hydrogen-bond donors (Lipinski definition) is 1. The Hall–Kier alpha value is -1.36. The Kier molecular flexibility index (Phi) is 3.70. The SMILES string of the molecule is CCC(C(=O)c1ccc(N)cc1)S(C)(=O)=O. The van der Waals surface area contributed by atoms with E-state index in [9.17, 15) is 13.2 Å². The maximum Gasteiger partial charge on any atom is 0.180 e. The van der Waals surface area contributed by atoms with Crippen LogP contribution in [0, 0.1) is 0 Å². The summed E-state index contributed by atoms with van der Waals surface area (Å²) in [7, 11) is -3.35. The quantitative estimate of drug-likeness (QED) is 0.636. The molecule has 1 atom stereocenters. The minimum atomic E-state index is -3.35. The lowest BCUT2D eigenvalue weighted by molar-refractivity contribution is 0.0985. The van der Waals surface area contributed by atoms with E-state index in [0.29, 0.717) is 11.3 Å². The lowest BCUT2D eigenvalue weighted by atomic mass is 10.1. The highest BCUT2D eigenvalue weighted by molar-refractivity contribution is 7.92. The van der Waals surface area contributed by atoms with E-state index in [1.165, 1.54) is 0 Å². The van der Waals surface area contributed by atoms with E-state index in [1.54, 1.807) is 31.2 Å². The molecule has 0 aliphatic carbocycles. The van der Waals surface area contributed by atoms with Gasteiger partial charge >= 0.3 is 0 Å². The van der Waals surface area contributed by atoms with Crippen LogP contribution in [0.2, 0.25) is 0 Å². The largest absolute Gasteiger partial charge is 0.399 e. The molecule has 0 saturated heterocycles. The molecule has 0 radical (unpaired) electrons. The number of sulfone groups is 1. The van der Waals surface area contributed by atoms with Gasteiger partial charge < -0.3 is 5.73 Å². The highest BCUT2D eigenvalue weighted by Gasteiger charge is 2.27. The number of hydrogen-bond acceptors (Lipinski definition) is 4. The summed E-state index contributed by atoms with van der Waals surface area (Å²) < 4.78 is 22.8. The number of benzene rings is 1. The monoisotopic (exact) mass is 241 g/mol. The molecule has 0 bridgehead atoms. The van der Waals surface area contributed by atoms with Crippen LogP contribution in [-0.2, 0) is 9.84 Å². The molecule has 1 aromatic rings. The Labute approximate surface area is 95.4 Å². The lowest BCUT2D eigenvalue weighted by Crippen LogP contribution is -2.28. The Morgan fingerprint density at radius 2 is 1.81 bits per heavy atom. The molecular weight excluding hydrogens is 226 g/mol. The van der Waals surface area contributed by atoms with Gasteiger partial charge in [0, 0.05) is 17.5 Å². The summed E-state index contributed by atoms with van der Waals surface area (Å²) in [4.78, 5) is 11.9. The summed E-state index contributed by atoms with van der Waals surface area (Å²) in [5.74, 6) is -0.370. The Morgan fingerprint density at radius 1 is 1.31 bits per heavy atom. The predicted molar refractivity (Wildman–Crippen MR) is 64.1 cm³/mol. The van der Waals surface area contributed by atoms with Gasteiger partial charge in [0.15, 0.2) is 15.6 Å². The maximum atomic E-state index is 11.9. The zero-order valence-electron chi connectivity index (χ0n) is 9.30. The van der Waals surface area contributed by atoms with E-state index in [2.05, 4.69) is 0 Å². The van der Waals surface area contributed by atoms with Crippen LogP contribution in [0.25, 0.3) is 0 Å². The van der Waals surface area contributed by atoms with Gasteiger partial charge in [0.25, 0.3) is 0 Å². The van der Waals surface area contributed by atoms with Crippen LogP contribution in [0.1, 0.15) is 23.7 Å². The summed E-state index contributed by atoms with van der Waals surface area (Å²) in [5, 5.41) is -0.962. The molecule has 0 heterocycles. The summed E-state index contributed by atoms with van der Waals surface area (Å²) >= 11 is 0. The molecule has 4 nitrogen and oxygen atoms in total. The number of Topliss-reactive ketones (excluding diaryl/α,β-unsaturated/α-hetero) is 1. The molecule has 1 unspecified atom stereocenters. The van der Waals surface area contributed by atoms with Gasteiger partial charge in [0.05, 0.1) is 0 Å². The van der Waals surface area contributed by atoms with Gasteiger partial charge in [0.2, 0.25) is 0 Å². The number of ketones is 1. The van der Waals surface area contributed by atoms with Crippen LogP contribution in [0.3, 0.4) is 0 Å². The fourth-order valence-electron chi connectivity index (χ4n) is 1.52. The van der Waals surface area contributed by atoms with Crippen LogP contribution in [0.4, 0.5) is 5.69 Å². The summed E-state index contributed by atoms with van der Waals surface area (Å²) in [6.07, 6.45) is 1.36. The summed E-state index contributed by atoms with van der Waals surface area (Å²) in [5.41, 5.74) is 6.42. The fraction of sp³-hybridized carbons (Fsp3) is 0.364. The predicted octanol–water partition coefficient (Wildman–Crippen LogP) is 1.27. The first-order chi connectivity index (χ1) is 7.36. The van der Waals surface area contributed by atoms with Crippen LogP contribution in [0.5, 0.6) is 0 Å². The molecule has 0 amide bonds. The normalized spacial score (nSPS) is 13.4. The molecular formula is C11H15NO3S. The number of carbonyl (C=O) groups excluding carboxylic acids is 1. The first-order valence-corrected chi connectivity index (χ1v) is 6.90. The zero-order chi connectivity index (χ0) is 12.3. The summed E-state index contributed by atoms with van der Waals surface area (Å²) in [6, 6.07) is 6.27. The Bertz CT molecular complexity index is 476. The second-order valence-corrected chi connectivity index (χ2v) is 5.94. The van der Waals surface area contributed by atoms with E-state index in [1.807, 2.05) is 0 Å². The third-order valence-corrected chi connectivity index (χ3v) is 3.96. The summed E-state index contributed by atoms with van der Waals surface area (Å²) in [6.45, 7) is 1.68. The van der Waals surface area contributed by atoms with Gasteiger partial charge in [-0.25, -0.2) is 8.42 Å². The minimum absolute atomic E-state index is 0.280. The number of anilines is 1. The average Bonchev–Trinajstić information content (AvgIpc) is 2.17. The second kappa shape index (κ2) is 4.65. The molecule has 5 heteroatoms.